The SMILES string of the molecule is COc1ccc(N2CCCC2=O)cc1I. The topological polar surface area (TPSA) is 29.5 Å². The van der Waals surface area contributed by atoms with E-state index in [0.29, 0.717) is 6.42 Å². The average molecular weight is 317 g/mol. The second-order valence-corrected chi connectivity index (χ2v) is 4.63. The van der Waals surface area contributed by atoms with Crippen LogP contribution >= 0.6 is 22.6 Å². The summed E-state index contributed by atoms with van der Waals surface area (Å²) in [5, 5.41) is 0. The highest BCUT2D eigenvalue weighted by Gasteiger charge is 2.21. The number of nitrogens with zero attached hydrogens (tertiary/aromatic N) is 1. The molecule has 0 saturated carbocycles. The van der Waals surface area contributed by atoms with Crippen LogP contribution in [0.1, 0.15) is 12.8 Å². The van der Waals surface area contributed by atoms with Crippen molar-refractivity contribution in [3.8, 4) is 5.75 Å². The summed E-state index contributed by atoms with van der Waals surface area (Å²) in [6.07, 6.45) is 1.63. The van der Waals surface area contributed by atoms with Crippen LogP contribution in [-0.4, -0.2) is 19.6 Å². The van der Waals surface area contributed by atoms with E-state index in [0.717, 1.165) is 28.0 Å². The summed E-state index contributed by atoms with van der Waals surface area (Å²) in [7, 11) is 1.65. The Kier molecular flexibility index (Phi) is 3.14. The number of anilines is 1. The first-order valence-corrected chi connectivity index (χ1v) is 5.94. The van der Waals surface area contributed by atoms with Crippen molar-refractivity contribution in [1.82, 2.24) is 0 Å². The Bertz CT molecular complexity index is 392. The average Bonchev–Trinajstić information content (AvgIpc) is 2.64. The number of methoxy groups -OCH3 is 1. The van der Waals surface area contributed by atoms with Gasteiger partial charge in [-0.2, -0.15) is 0 Å². The summed E-state index contributed by atoms with van der Waals surface area (Å²) in [4.78, 5) is 13.4. The fraction of sp³-hybridized carbons (Fsp3) is 0.364. The molecule has 0 aliphatic carbocycles. The Hall–Kier alpha value is -0.780. The number of rotatable bonds is 2. The van der Waals surface area contributed by atoms with Crippen molar-refractivity contribution < 1.29 is 9.53 Å². The summed E-state index contributed by atoms with van der Waals surface area (Å²) in [6, 6.07) is 5.83. The molecule has 0 bridgehead atoms. The van der Waals surface area contributed by atoms with Crippen LogP contribution in [0.4, 0.5) is 5.69 Å². The molecule has 3 nitrogen and oxygen atoms in total. The van der Waals surface area contributed by atoms with Crippen LogP contribution in [0.3, 0.4) is 0 Å². The van der Waals surface area contributed by atoms with Crippen molar-refractivity contribution in [3.05, 3.63) is 21.8 Å². The van der Waals surface area contributed by atoms with Gasteiger partial charge < -0.3 is 9.64 Å². The molecule has 0 aromatic heterocycles. The minimum atomic E-state index is 0.218. The molecule has 0 N–H and O–H groups in total. The third kappa shape index (κ3) is 2.09. The fourth-order valence-electron chi connectivity index (χ4n) is 1.74. The zero-order valence-corrected chi connectivity index (χ0v) is 10.7. The Morgan fingerprint density at radius 2 is 2.27 bits per heavy atom. The molecule has 1 saturated heterocycles. The highest BCUT2D eigenvalue weighted by molar-refractivity contribution is 14.1. The lowest BCUT2D eigenvalue weighted by Gasteiger charge is -2.16. The maximum absolute atomic E-state index is 11.5. The third-order valence-electron chi connectivity index (χ3n) is 2.52. The standard InChI is InChI=1S/C11H12INO2/c1-15-10-5-4-8(7-9(10)12)13-6-2-3-11(13)14/h4-5,7H,2-3,6H2,1H3. The van der Waals surface area contributed by atoms with Crippen LogP contribution in [0.25, 0.3) is 0 Å². The molecule has 80 valence electrons. The van der Waals surface area contributed by atoms with Gasteiger partial charge in [-0.3, -0.25) is 4.79 Å². The van der Waals surface area contributed by atoms with Crippen LogP contribution in [0.15, 0.2) is 18.2 Å². The second kappa shape index (κ2) is 4.38. The first kappa shape index (κ1) is 10.7. The van der Waals surface area contributed by atoms with Gasteiger partial charge >= 0.3 is 0 Å². The van der Waals surface area contributed by atoms with Gasteiger partial charge in [-0.15, -0.1) is 0 Å². The van der Waals surface area contributed by atoms with E-state index in [4.69, 9.17) is 4.74 Å². The molecule has 1 fully saturated rings. The van der Waals surface area contributed by atoms with E-state index in [-0.39, 0.29) is 5.91 Å². The molecule has 4 heteroatoms. The molecule has 1 aromatic carbocycles. The van der Waals surface area contributed by atoms with Crippen molar-refractivity contribution in [1.29, 1.82) is 0 Å². The number of carbonyl (C=O) groups excluding carboxylic acids is 1. The number of carbonyl (C=O) groups is 1. The highest BCUT2D eigenvalue weighted by atomic mass is 127. The molecular formula is C11H12INO2. The molecule has 1 aliphatic rings. The minimum absolute atomic E-state index is 0.218. The van der Waals surface area contributed by atoms with E-state index < -0.39 is 0 Å². The van der Waals surface area contributed by atoms with Gasteiger partial charge in [-0.1, -0.05) is 0 Å². The van der Waals surface area contributed by atoms with E-state index in [2.05, 4.69) is 22.6 Å². The lowest BCUT2D eigenvalue weighted by atomic mass is 10.3. The number of hydrogen-bond acceptors (Lipinski definition) is 2. The number of halogens is 1. The molecule has 0 unspecified atom stereocenters. The normalized spacial score (nSPS) is 15.9. The van der Waals surface area contributed by atoms with Crippen molar-refractivity contribution in [2.45, 2.75) is 12.8 Å². The monoisotopic (exact) mass is 317 g/mol. The molecule has 0 spiro atoms. The summed E-state index contributed by atoms with van der Waals surface area (Å²) in [6.45, 7) is 0.835. The molecule has 1 aliphatic heterocycles. The lowest BCUT2D eigenvalue weighted by Crippen LogP contribution is -2.23. The molecule has 0 atom stereocenters. The predicted octanol–water partition coefficient (Wildman–Crippen LogP) is 2.43. The van der Waals surface area contributed by atoms with Gasteiger partial charge in [0.25, 0.3) is 0 Å². The maximum atomic E-state index is 11.5. The Morgan fingerprint density at radius 1 is 1.47 bits per heavy atom. The van der Waals surface area contributed by atoms with E-state index in [9.17, 15) is 4.79 Å². The molecule has 0 radical (unpaired) electrons. The van der Waals surface area contributed by atoms with Crippen molar-refractivity contribution >= 4 is 34.2 Å². The van der Waals surface area contributed by atoms with E-state index >= 15 is 0 Å². The smallest absolute Gasteiger partial charge is 0.227 e. The minimum Gasteiger partial charge on any atom is -0.496 e. The fourth-order valence-corrected chi connectivity index (χ4v) is 2.46. The number of hydrogen-bond donors (Lipinski definition) is 0. The van der Waals surface area contributed by atoms with Gasteiger partial charge in [0.2, 0.25) is 5.91 Å². The number of ether oxygens (including phenoxy) is 1. The summed E-state index contributed by atoms with van der Waals surface area (Å²) in [5.74, 6) is 1.07. The molecule has 15 heavy (non-hydrogen) atoms. The maximum Gasteiger partial charge on any atom is 0.227 e. The Morgan fingerprint density at radius 3 is 2.80 bits per heavy atom. The quantitative estimate of drug-likeness (QED) is 0.784. The Labute approximate surface area is 103 Å². The zero-order chi connectivity index (χ0) is 10.8. The van der Waals surface area contributed by atoms with Gasteiger partial charge in [0, 0.05) is 18.7 Å². The molecular weight excluding hydrogens is 305 g/mol. The largest absolute Gasteiger partial charge is 0.496 e. The molecule has 1 heterocycles. The molecule has 2 rings (SSSR count). The van der Waals surface area contributed by atoms with Gasteiger partial charge in [0.1, 0.15) is 5.75 Å². The third-order valence-corrected chi connectivity index (χ3v) is 3.36. The Balaban J connectivity index is 2.29. The van der Waals surface area contributed by atoms with Gasteiger partial charge in [-0.25, -0.2) is 0 Å². The molecule has 1 aromatic rings. The lowest BCUT2D eigenvalue weighted by molar-refractivity contribution is -0.117. The summed E-state index contributed by atoms with van der Waals surface area (Å²) >= 11 is 2.22. The number of amides is 1. The van der Waals surface area contributed by atoms with E-state index in [1.165, 1.54) is 0 Å². The van der Waals surface area contributed by atoms with Gasteiger partial charge in [0.05, 0.1) is 10.7 Å². The van der Waals surface area contributed by atoms with Crippen LogP contribution in [-0.2, 0) is 4.79 Å². The van der Waals surface area contributed by atoms with Crippen molar-refractivity contribution in [2.75, 3.05) is 18.6 Å². The van der Waals surface area contributed by atoms with Crippen LogP contribution in [0, 0.1) is 3.57 Å². The van der Waals surface area contributed by atoms with Gasteiger partial charge in [0.15, 0.2) is 0 Å². The second-order valence-electron chi connectivity index (χ2n) is 3.47. The predicted molar refractivity (Wildman–Crippen MR) is 67.3 cm³/mol. The first-order chi connectivity index (χ1) is 7.22. The number of benzene rings is 1. The van der Waals surface area contributed by atoms with Gasteiger partial charge in [-0.05, 0) is 47.2 Å². The molecule has 1 amide bonds. The van der Waals surface area contributed by atoms with Crippen LogP contribution < -0.4 is 9.64 Å². The van der Waals surface area contributed by atoms with E-state index in [1.807, 2.05) is 23.1 Å². The summed E-state index contributed by atoms with van der Waals surface area (Å²) in [5.41, 5.74) is 0.975. The zero-order valence-electron chi connectivity index (χ0n) is 8.50. The summed E-state index contributed by atoms with van der Waals surface area (Å²) < 4.78 is 6.21. The van der Waals surface area contributed by atoms with Crippen LogP contribution in [0.2, 0.25) is 0 Å². The first-order valence-electron chi connectivity index (χ1n) is 4.86. The van der Waals surface area contributed by atoms with Crippen molar-refractivity contribution in [2.24, 2.45) is 0 Å². The highest BCUT2D eigenvalue weighted by Crippen LogP contribution is 2.28. The van der Waals surface area contributed by atoms with Crippen LogP contribution in [0.5, 0.6) is 5.75 Å². The van der Waals surface area contributed by atoms with E-state index in [1.54, 1.807) is 7.11 Å². The van der Waals surface area contributed by atoms with Crippen molar-refractivity contribution in [3.63, 3.8) is 0 Å².